The van der Waals surface area contributed by atoms with Gasteiger partial charge in [-0.05, 0) is 24.6 Å². The quantitative estimate of drug-likeness (QED) is 0.835. The maximum atomic E-state index is 12.5. The van der Waals surface area contributed by atoms with Crippen molar-refractivity contribution >= 4 is 17.7 Å². The highest BCUT2D eigenvalue weighted by atomic mass is 32.2. The van der Waals surface area contributed by atoms with Crippen LogP contribution < -0.4 is 0 Å². The zero-order valence-corrected chi connectivity index (χ0v) is 14.0. The minimum atomic E-state index is 0.274. The second-order valence-electron chi connectivity index (χ2n) is 6.01. The first-order chi connectivity index (χ1) is 10.1. The molecular formula is C16H25N3OS. The number of carbonyl (C=O) groups is 1. The van der Waals surface area contributed by atoms with Gasteiger partial charge in [0.05, 0.1) is 5.75 Å². The minimum absolute atomic E-state index is 0.274. The fraction of sp³-hybridized carbons (Fsp3) is 0.625. The summed E-state index contributed by atoms with van der Waals surface area (Å²) in [7, 11) is 2.13. The van der Waals surface area contributed by atoms with Crippen molar-refractivity contribution in [2.45, 2.75) is 25.6 Å². The third-order valence-electron chi connectivity index (χ3n) is 3.93. The highest BCUT2D eigenvalue weighted by Gasteiger charge is 2.30. The van der Waals surface area contributed by atoms with E-state index in [0.29, 0.717) is 17.7 Å². The van der Waals surface area contributed by atoms with Crippen LogP contribution in [0.3, 0.4) is 0 Å². The summed E-state index contributed by atoms with van der Waals surface area (Å²) in [5.74, 6) is 2.18. The third-order valence-corrected chi connectivity index (χ3v) is 4.92. The smallest absolute Gasteiger partial charge is 0.232 e. The van der Waals surface area contributed by atoms with E-state index in [0.717, 1.165) is 25.4 Å². The minimum Gasteiger partial charge on any atom is -0.336 e. The molecule has 1 saturated heterocycles. The number of pyridine rings is 1. The second kappa shape index (κ2) is 7.80. The van der Waals surface area contributed by atoms with Crippen LogP contribution >= 0.6 is 11.8 Å². The lowest BCUT2D eigenvalue weighted by Gasteiger charge is -2.42. The molecule has 1 atom stereocenters. The van der Waals surface area contributed by atoms with E-state index in [4.69, 9.17) is 0 Å². The third kappa shape index (κ3) is 4.71. The van der Waals surface area contributed by atoms with E-state index < -0.39 is 0 Å². The Morgan fingerprint density at radius 2 is 2.29 bits per heavy atom. The van der Waals surface area contributed by atoms with Crippen LogP contribution in [0.4, 0.5) is 0 Å². The van der Waals surface area contributed by atoms with E-state index in [-0.39, 0.29) is 5.91 Å². The molecule has 21 heavy (non-hydrogen) atoms. The maximum Gasteiger partial charge on any atom is 0.232 e. The Morgan fingerprint density at radius 1 is 1.48 bits per heavy atom. The van der Waals surface area contributed by atoms with E-state index in [1.807, 2.05) is 12.3 Å². The summed E-state index contributed by atoms with van der Waals surface area (Å²) in [6, 6.07) is 4.33. The standard InChI is InChI=1S/C16H25N3OS/c1-13(2)15-10-18(3)7-8-19(15)16(20)12-21-11-14-5-4-6-17-9-14/h4-6,9,13,15H,7-8,10-12H2,1-3H3. The van der Waals surface area contributed by atoms with Gasteiger partial charge in [0.2, 0.25) is 5.91 Å². The zero-order chi connectivity index (χ0) is 15.2. The van der Waals surface area contributed by atoms with E-state index in [9.17, 15) is 4.79 Å². The molecule has 2 heterocycles. The van der Waals surface area contributed by atoms with Crippen LogP contribution in [-0.2, 0) is 10.5 Å². The molecule has 116 valence electrons. The van der Waals surface area contributed by atoms with E-state index in [1.54, 1.807) is 18.0 Å². The number of carbonyl (C=O) groups excluding carboxylic acids is 1. The number of rotatable bonds is 5. The first-order valence-electron chi connectivity index (χ1n) is 7.52. The van der Waals surface area contributed by atoms with Gasteiger partial charge in [-0.15, -0.1) is 11.8 Å². The van der Waals surface area contributed by atoms with Gasteiger partial charge >= 0.3 is 0 Å². The Balaban J connectivity index is 1.84. The van der Waals surface area contributed by atoms with Crippen LogP contribution in [0.15, 0.2) is 24.5 Å². The van der Waals surface area contributed by atoms with Crippen LogP contribution in [0.25, 0.3) is 0 Å². The van der Waals surface area contributed by atoms with Crippen LogP contribution in [0.5, 0.6) is 0 Å². The molecule has 1 aliphatic rings. The summed E-state index contributed by atoms with van der Waals surface area (Å²) in [6.45, 7) is 7.21. The van der Waals surface area contributed by atoms with Crippen LogP contribution in [-0.4, -0.2) is 59.2 Å². The van der Waals surface area contributed by atoms with Crippen molar-refractivity contribution in [3.63, 3.8) is 0 Å². The number of likely N-dealkylation sites (N-methyl/N-ethyl adjacent to an activating group) is 1. The molecule has 1 amide bonds. The molecule has 1 aliphatic heterocycles. The van der Waals surface area contributed by atoms with Gasteiger partial charge in [-0.3, -0.25) is 9.78 Å². The molecule has 0 saturated carbocycles. The summed E-state index contributed by atoms with van der Waals surface area (Å²) < 4.78 is 0. The maximum absolute atomic E-state index is 12.5. The van der Waals surface area contributed by atoms with E-state index in [2.05, 4.69) is 41.7 Å². The van der Waals surface area contributed by atoms with Crippen molar-refractivity contribution in [2.24, 2.45) is 5.92 Å². The molecule has 1 unspecified atom stereocenters. The van der Waals surface area contributed by atoms with Gasteiger partial charge in [-0.2, -0.15) is 0 Å². The lowest BCUT2D eigenvalue weighted by Crippen LogP contribution is -2.56. The first-order valence-corrected chi connectivity index (χ1v) is 8.68. The van der Waals surface area contributed by atoms with Crippen molar-refractivity contribution < 1.29 is 4.79 Å². The average Bonchev–Trinajstić information content (AvgIpc) is 2.48. The van der Waals surface area contributed by atoms with Crippen molar-refractivity contribution in [1.29, 1.82) is 0 Å². The Morgan fingerprint density at radius 3 is 2.95 bits per heavy atom. The van der Waals surface area contributed by atoms with Crippen molar-refractivity contribution in [1.82, 2.24) is 14.8 Å². The summed E-state index contributed by atoms with van der Waals surface area (Å²) in [5, 5.41) is 0. The summed E-state index contributed by atoms with van der Waals surface area (Å²) >= 11 is 1.68. The number of piperazine rings is 1. The lowest BCUT2D eigenvalue weighted by atomic mass is 10.00. The van der Waals surface area contributed by atoms with Gasteiger partial charge in [0.1, 0.15) is 0 Å². The van der Waals surface area contributed by atoms with Gasteiger partial charge in [0, 0.05) is 43.8 Å². The zero-order valence-electron chi connectivity index (χ0n) is 13.2. The van der Waals surface area contributed by atoms with Gasteiger partial charge in [0.15, 0.2) is 0 Å². The molecule has 4 nitrogen and oxygen atoms in total. The largest absolute Gasteiger partial charge is 0.336 e. The Kier molecular flexibility index (Phi) is 6.06. The Hall–Kier alpha value is -1.07. The van der Waals surface area contributed by atoms with Crippen molar-refractivity contribution in [2.75, 3.05) is 32.4 Å². The molecule has 0 spiro atoms. The number of aromatic nitrogens is 1. The molecule has 1 aromatic heterocycles. The molecule has 0 aromatic carbocycles. The van der Waals surface area contributed by atoms with Gasteiger partial charge < -0.3 is 9.80 Å². The van der Waals surface area contributed by atoms with Crippen molar-refractivity contribution in [3.05, 3.63) is 30.1 Å². The predicted octanol–water partition coefficient (Wildman–Crippen LogP) is 2.11. The molecule has 0 N–H and O–H groups in total. The number of hydrogen-bond donors (Lipinski definition) is 0. The number of thioether (sulfide) groups is 1. The molecule has 0 radical (unpaired) electrons. The van der Waals surface area contributed by atoms with Crippen molar-refractivity contribution in [3.8, 4) is 0 Å². The number of amides is 1. The van der Waals surface area contributed by atoms with Crippen LogP contribution in [0.1, 0.15) is 19.4 Å². The lowest BCUT2D eigenvalue weighted by molar-refractivity contribution is -0.134. The molecule has 1 fully saturated rings. The Bertz CT molecular complexity index is 452. The molecule has 0 aliphatic carbocycles. The molecule has 2 rings (SSSR count). The summed E-state index contributed by atoms with van der Waals surface area (Å²) in [4.78, 5) is 21.0. The first kappa shape index (κ1) is 16.3. The molecular weight excluding hydrogens is 282 g/mol. The van der Waals surface area contributed by atoms with E-state index >= 15 is 0 Å². The molecule has 0 bridgehead atoms. The molecule has 5 heteroatoms. The number of nitrogens with zero attached hydrogens (tertiary/aromatic N) is 3. The highest BCUT2D eigenvalue weighted by Crippen LogP contribution is 2.19. The molecule has 1 aromatic rings. The average molecular weight is 307 g/mol. The monoisotopic (exact) mass is 307 g/mol. The second-order valence-corrected chi connectivity index (χ2v) is 7.00. The fourth-order valence-corrected chi connectivity index (χ4v) is 3.51. The highest BCUT2D eigenvalue weighted by molar-refractivity contribution is 7.99. The fourth-order valence-electron chi connectivity index (χ4n) is 2.66. The Labute approximate surface area is 131 Å². The van der Waals surface area contributed by atoms with Gasteiger partial charge in [-0.25, -0.2) is 0 Å². The normalized spacial score (nSPS) is 20.0. The SMILES string of the molecule is CC(C)C1CN(C)CCN1C(=O)CSCc1cccnc1. The summed E-state index contributed by atoms with van der Waals surface area (Å²) in [5.41, 5.74) is 1.18. The van der Waals surface area contributed by atoms with Crippen LogP contribution in [0.2, 0.25) is 0 Å². The topological polar surface area (TPSA) is 36.4 Å². The van der Waals surface area contributed by atoms with Gasteiger partial charge in [-0.1, -0.05) is 19.9 Å². The van der Waals surface area contributed by atoms with Crippen LogP contribution in [0, 0.1) is 5.92 Å². The predicted molar refractivity (Wildman–Crippen MR) is 88.2 cm³/mol. The summed E-state index contributed by atoms with van der Waals surface area (Å²) in [6.07, 6.45) is 3.64. The van der Waals surface area contributed by atoms with E-state index in [1.165, 1.54) is 5.56 Å². The van der Waals surface area contributed by atoms with Gasteiger partial charge in [0.25, 0.3) is 0 Å². The number of hydrogen-bond acceptors (Lipinski definition) is 4.